The molecule has 0 spiro atoms. The van der Waals surface area contributed by atoms with Gasteiger partial charge in [0.15, 0.2) is 0 Å². The van der Waals surface area contributed by atoms with Crippen LogP contribution in [0, 0.1) is 0 Å². The van der Waals surface area contributed by atoms with Crippen molar-refractivity contribution in [3.05, 3.63) is 30.3 Å². The Bertz CT molecular complexity index is 240. The van der Waals surface area contributed by atoms with Crippen molar-refractivity contribution >= 4 is 11.3 Å². The highest BCUT2D eigenvalue weighted by Crippen LogP contribution is 2.08. The zero-order valence-corrected chi connectivity index (χ0v) is 10.9. The van der Waals surface area contributed by atoms with E-state index in [2.05, 4.69) is 4.72 Å². The standard InChI is InChI=1S/C7H9NO2S.2C2H6/c1-8-11(9)10-7-5-3-2-4-6-7;2*1-2/h2-6,8H,1H3;2*1-2H3. The molecule has 0 aliphatic heterocycles. The Balaban J connectivity index is 0. The van der Waals surface area contributed by atoms with E-state index < -0.39 is 11.3 Å². The molecule has 3 nitrogen and oxygen atoms in total. The van der Waals surface area contributed by atoms with E-state index in [1.807, 2.05) is 45.9 Å². The zero-order chi connectivity index (χ0) is 12.1. The van der Waals surface area contributed by atoms with Crippen molar-refractivity contribution in [2.75, 3.05) is 7.05 Å². The minimum Gasteiger partial charge on any atom is -0.389 e. The number of hydrogen-bond acceptors (Lipinski definition) is 2. The van der Waals surface area contributed by atoms with Crippen LogP contribution < -0.4 is 8.91 Å². The van der Waals surface area contributed by atoms with Crippen LogP contribution in [0.4, 0.5) is 0 Å². The molecule has 15 heavy (non-hydrogen) atoms. The number of hydrogen-bond donors (Lipinski definition) is 1. The smallest absolute Gasteiger partial charge is 0.287 e. The molecular weight excluding hydrogens is 210 g/mol. The number of nitrogens with one attached hydrogen (secondary N) is 1. The van der Waals surface area contributed by atoms with E-state index in [1.165, 1.54) is 0 Å². The van der Waals surface area contributed by atoms with Gasteiger partial charge in [-0.2, -0.15) is 4.21 Å². The molecule has 0 saturated carbocycles. The maximum Gasteiger partial charge on any atom is 0.287 e. The van der Waals surface area contributed by atoms with Gasteiger partial charge in [0, 0.05) is 0 Å². The van der Waals surface area contributed by atoms with Gasteiger partial charge in [-0.05, 0) is 19.2 Å². The van der Waals surface area contributed by atoms with Crippen LogP contribution in [0.25, 0.3) is 0 Å². The molecular formula is C11H21NO2S. The molecule has 1 N–H and O–H groups in total. The van der Waals surface area contributed by atoms with Crippen LogP contribution >= 0.6 is 0 Å². The van der Waals surface area contributed by atoms with Crippen LogP contribution in [0.5, 0.6) is 5.75 Å². The van der Waals surface area contributed by atoms with Gasteiger partial charge in [-0.25, -0.2) is 4.72 Å². The first-order valence-electron chi connectivity index (χ1n) is 5.15. The molecule has 0 fully saturated rings. The molecule has 0 heterocycles. The van der Waals surface area contributed by atoms with E-state index in [4.69, 9.17) is 4.18 Å². The third kappa shape index (κ3) is 9.43. The lowest BCUT2D eigenvalue weighted by molar-refractivity contribution is 0.554. The summed E-state index contributed by atoms with van der Waals surface area (Å²) in [7, 11) is 1.57. The monoisotopic (exact) mass is 231 g/mol. The Morgan fingerprint density at radius 1 is 1.07 bits per heavy atom. The van der Waals surface area contributed by atoms with Crippen molar-refractivity contribution in [2.45, 2.75) is 27.7 Å². The molecule has 0 amide bonds. The van der Waals surface area contributed by atoms with E-state index in [1.54, 1.807) is 19.2 Å². The van der Waals surface area contributed by atoms with Gasteiger partial charge in [-0.3, -0.25) is 0 Å². The molecule has 1 rings (SSSR count). The zero-order valence-electron chi connectivity index (χ0n) is 10.1. The molecule has 1 unspecified atom stereocenters. The van der Waals surface area contributed by atoms with Crippen molar-refractivity contribution in [2.24, 2.45) is 0 Å². The van der Waals surface area contributed by atoms with Crippen LogP contribution in [0.3, 0.4) is 0 Å². The Labute approximate surface area is 95.6 Å². The van der Waals surface area contributed by atoms with E-state index in [0.29, 0.717) is 5.75 Å². The van der Waals surface area contributed by atoms with E-state index in [9.17, 15) is 4.21 Å². The fraction of sp³-hybridized carbons (Fsp3) is 0.455. The summed E-state index contributed by atoms with van der Waals surface area (Å²) in [4.78, 5) is 0. The summed E-state index contributed by atoms with van der Waals surface area (Å²) in [6, 6.07) is 9.00. The summed E-state index contributed by atoms with van der Waals surface area (Å²) in [5.74, 6) is 0.597. The topological polar surface area (TPSA) is 38.3 Å². The number of rotatable bonds is 3. The summed E-state index contributed by atoms with van der Waals surface area (Å²) >= 11 is -1.43. The van der Waals surface area contributed by atoms with E-state index in [0.717, 1.165) is 0 Å². The second-order valence-electron chi connectivity index (χ2n) is 1.84. The lowest BCUT2D eigenvalue weighted by Gasteiger charge is -2.00. The average Bonchev–Trinajstić information content (AvgIpc) is 2.35. The second kappa shape index (κ2) is 13.1. The molecule has 0 aliphatic rings. The highest BCUT2D eigenvalue weighted by atomic mass is 32.2. The van der Waals surface area contributed by atoms with Crippen LogP contribution in [-0.2, 0) is 11.3 Å². The van der Waals surface area contributed by atoms with Gasteiger partial charge in [0.1, 0.15) is 5.75 Å². The van der Waals surface area contributed by atoms with Crippen molar-refractivity contribution < 1.29 is 8.39 Å². The van der Waals surface area contributed by atoms with Crippen LogP contribution in [-0.4, -0.2) is 11.3 Å². The van der Waals surface area contributed by atoms with Gasteiger partial charge in [-0.15, -0.1) is 0 Å². The summed E-state index contributed by atoms with van der Waals surface area (Å²) in [5, 5.41) is 0. The Kier molecular flexibility index (Phi) is 14.5. The largest absolute Gasteiger partial charge is 0.389 e. The van der Waals surface area contributed by atoms with Crippen molar-refractivity contribution in [1.82, 2.24) is 4.72 Å². The lowest BCUT2D eigenvalue weighted by Crippen LogP contribution is -2.15. The Morgan fingerprint density at radius 3 is 1.93 bits per heavy atom. The Morgan fingerprint density at radius 2 is 1.53 bits per heavy atom. The van der Waals surface area contributed by atoms with Crippen molar-refractivity contribution in [3.8, 4) is 5.75 Å². The van der Waals surface area contributed by atoms with Gasteiger partial charge in [0.25, 0.3) is 11.3 Å². The summed E-state index contributed by atoms with van der Waals surface area (Å²) in [6.45, 7) is 8.00. The molecule has 1 aromatic carbocycles. The SMILES string of the molecule is CC.CC.CNS(=O)Oc1ccccc1. The highest BCUT2D eigenvalue weighted by Gasteiger charge is 1.95. The molecule has 1 aromatic rings. The van der Waals surface area contributed by atoms with E-state index in [-0.39, 0.29) is 0 Å². The summed E-state index contributed by atoms with van der Waals surface area (Å²) < 4.78 is 18.1. The lowest BCUT2D eigenvalue weighted by atomic mass is 10.3. The molecule has 0 bridgehead atoms. The molecule has 88 valence electrons. The molecule has 0 radical (unpaired) electrons. The molecule has 1 atom stereocenters. The molecule has 0 aliphatic carbocycles. The van der Waals surface area contributed by atoms with Gasteiger partial charge < -0.3 is 4.18 Å². The first-order valence-corrected chi connectivity index (χ1v) is 6.23. The maximum atomic E-state index is 10.8. The van der Waals surface area contributed by atoms with Gasteiger partial charge in [0.2, 0.25) is 0 Å². The molecule has 0 saturated heterocycles. The average molecular weight is 231 g/mol. The minimum atomic E-state index is -1.43. The molecule has 0 aromatic heterocycles. The number of para-hydroxylation sites is 1. The number of benzene rings is 1. The summed E-state index contributed by atoms with van der Waals surface area (Å²) in [5.41, 5.74) is 0. The fourth-order valence-corrected chi connectivity index (χ4v) is 0.974. The fourth-order valence-electron chi connectivity index (χ4n) is 0.605. The second-order valence-corrected chi connectivity index (χ2v) is 2.88. The maximum absolute atomic E-state index is 10.8. The van der Waals surface area contributed by atoms with Gasteiger partial charge >= 0.3 is 0 Å². The van der Waals surface area contributed by atoms with Crippen molar-refractivity contribution in [1.29, 1.82) is 0 Å². The first-order chi connectivity index (χ1) is 7.33. The van der Waals surface area contributed by atoms with Crippen LogP contribution in [0.2, 0.25) is 0 Å². The highest BCUT2D eigenvalue weighted by molar-refractivity contribution is 7.78. The minimum absolute atomic E-state index is 0.597. The van der Waals surface area contributed by atoms with Gasteiger partial charge in [0.05, 0.1) is 0 Å². The quantitative estimate of drug-likeness (QED) is 0.868. The third-order valence-corrected chi connectivity index (χ3v) is 1.76. The summed E-state index contributed by atoms with van der Waals surface area (Å²) in [6.07, 6.45) is 0. The third-order valence-electron chi connectivity index (χ3n) is 1.08. The predicted molar refractivity (Wildman–Crippen MR) is 67.0 cm³/mol. The van der Waals surface area contributed by atoms with E-state index >= 15 is 0 Å². The van der Waals surface area contributed by atoms with Crippen molar-refractivity contribution in [3.63, 3.8) is 0 Å². The molecule has 4 heteroatoms. The van der Waals surface area contributed by atoms with Gasteiger partial charge in [-0.1, -0.05) is 45.9 Å². The van der Waals surface area contributed by atoms with Crippen LogP contribution in [0.1, 0.15) is 27.7 Å². The first kappa shape index (κ1) is 16.6. The Hall–Kier alpha value is -0.870. The normalized spacial score (nSPS) is 9.93. The van der Waals surface area contributed by atoms with Crippen LogP contribution in [0.15, 0.2) is 30.3 Å². The predicted octanol–water partition coefficient (Wildman–Crippen LogP) is 2.92.